The van der Waals surface area contributed by atoms with Crippen LogP contribution in [0.5, 0.6) is 0 Å². The summed E-state index contributed by atoms with van der Waals surface area (Å²) in [4.78, 5) is 12.1. The van der Waals surface area contributed by atoms with Gasteiger partial charge < -0.3 is 15.2 Å². The van der Waals surface area contributed by atoms with Crippen molar-refractivity contribution in [1.29, 1.82) is 0 Å². The first-order chi connectivity index (χ1) is 12.9. The van der Waals surface area contributed by atoms with E-state index in [1.165, 1.54) is 6.26 Å². The SMILES string of the molecule is C[S+]([O-])N[C@@H]1CCCCC1NC(=O)Nc1cc(C(F)(F)F)cc(C(F)(F)F)c1. The van der Waals surface area contributed by atoms with Crippen LogP contribution in [0.25, 0.3) is 0 Å². The molecule has 12 heteroatoms. The molecule has 1 aromatic rings. The van der Waals surface area contributed by atoms with Crippen LogP contribution < -0.4 is 15.4 Å². The molecule has 0 heterocycles. The van der Waals surface area contributed by atoms with Crippen LogP contribution >= 0.6 is 0 Å². The molecule has 0 aromatic heterocycles. The summed E-state index contributed by atoms with van der Waals surface area (Å²) in [7, 11) is 0. The number of hydrogen-bond donors (Lipinski definition) is 3. The fraction of sp³-hybridized carbons (Fsp3) is 0.562. The Kier molecular flexibility index (Phi) is 7.10. The molecule has 2 rings (SSSR count). The lowest BCUT2D eigenvalue weighted by molar-refractivity contribution is -0.143. The van der Waals surface area contributed by atoms with E-state index in [-0.39, 0.29) is 12.1 Å². The van der Waals surface area contributed by atoms with Gasteiger partial charge in [0.15, 0.2) is 0 Å². The maximum absolute atomic E-state index is 12.9. The lowest BCUT2D eigenvalue weighted by atomic mass is 9.91. The highest BCUT2D eigenvalue weighted by atomic mass is 32.2. The number of halogens is 6. The van der Waals surface area contributed by atoms with Crippen molar-refractivity contribution >= 4 is 23.1 Å². The molecule has 3 N–H and O–H groups in total. The summed E-state index contributed by atoms with van der Waals surface area (Å²) in [6.45, 7) is 0. The number of anilines is 1. The quantitative estimate of drug-likeness (QED) is 0.498. The van der Waals surface area contributed by atoms with E-state index < -0.39 is 52.6 Å². The first-order valence-electron chi connectivity index (χ1n) is 8.33. The number of benzene rings is 1. The average molecular weight is 431 g/mol. The summed E-state index contributed by atoms with van der Waals surface area (Å²) < 4.78 is 91.5. The van der Waals surface area contributed by atoms with E-state index in [1.807, 2.05) is 5.32 Å². The van der Waals surface area contributed by atoms with Crippen LogP contribution in [0, 0.1) is 0 Å². The Morgan fingerprint density at radius 1 is 1.00 bits per heavy atom. The highest BCUT2D eigenvalue weighted by Gasteiger charge is 2.37. The van der Waals surface area contributed by atoms with Crippen molar-refractivity contribution in [2.75, 3.05) is 11.6 Å². The second kappa shape index (κ2) is 8.78. The normalized spacial score (nSPS) is 21.9. The van der Waals surface area contributed by atoms with Gasteiger partial charge in [-0.1, -0.05) is 12.8 Å². The Morgan fingerprint density at radius 3 is 1.96 bits per heavy atom. The lowest BCUT2D eigenvalue weighted by Crippen LogP contribution is -2.53. The van der Waals surface area contributed by atoms with Crippen LogP contribution in [0.3, 0.4) is 0 Å². The van der Waals surface area contributed by atoms with E-state index in [4.69, 9.17) is 0 Å². The fourth-order valence-electron chi connectivity index (χ4n) is 3.02. The Hall–Kier alpha value is -1.66. The third-order valence-corrected chi connectivity index (χ3v) is 4.88. The third-order valence-electron chi connectivity index (χ3n) is 4.25. The molecular formula is C16H19F6N3O2S. The number of rotatable bonds is 4. The molecule has 1 aliphatic rings. The van der Waals surface area contributed by atoms with Gasteiger partial charge in [0.25, 0.3) is 0 Å². The van der Waals surface area contributed by atoms with Crippen LogP contribution in [0.1, 0.15) is 36.8 Å². The second-order valence-electron chi connectivity index (χ2n) is 6.46. The summed E-state index contributed by atoms with van der Waals surface area (Å²) in [5.41, 5.74) is -3.66. The van der Waals surface area contributed by atoms with Gasteiger partial charge in [-0.05, 0) is 31.0 Å². The molecule has 0 aliphatic heterocycles. The van der Waals surface area contributed by atoms with Gasteiger partial charge in [-0.25, -0.2) is 4.79 Å². The van der Waals surface area contributed by atoms with E-state index in [0.717, 1.165) is 12.8 Å². The Morgan fingerprint density at radius 2 is 1.50 bits per heavy atom. The first kappa shape index (κ1) is 22.6. The highest BCUT2D eigenvalue weighted by molar-refractivity contribution is 7.88. The molecule has 5 nitrogen and oxygen atoms in total. The zero-order valence-corrected chi connectivity index (χ0v) is 15.5. The number of hydrogen-bond acceptors (Lipinski definition) is 3. The van der Waals surface area contributed by atoms with Gasteiger partial charge in [0, 0.05) is 17.0 Å². The standard InChI is InChI=1S/C16H19F6N3O2S/c1-28(27)25-13-5-3-2-4-12(13)24-14(26)23-11-7-9(15(17,18)19)6-10(8-11)16(20,21)22/h6-8,12-13,25H,2-5H2,1H3,(H2,23,24,26)/t12?,13-,28?/m1/s1. The van der Waals surface area contributed by atoms with Gasteiger partial charge in [0.2, 0.25) is 0 Å². The molecule has 0 bridgehead atoms. The van der Waals surface area contributed by atoms with E-state index in [0.29, 0.717) is 25.0 Å². The molecule has 158 valence electrons. The van der Waals surface area contributed by atoms with Gasteiger partial charge in [-0.15, -0.1) is 4.72 Å². The van der Waals surface area contributed by atoms with E-state index >= 15 is 0 Å². The molecule has 0 saturated heterocycles. The number of alkyl halides is 6. The van der Waals surface area contributed by atoms with Crippen molar-refractivity contribution < 1.29 is 35.7 Å². The van der Waals surface area contributed by atoms with Gasteiger partial charge in [-0.3, -0.25) is 0 Å². The summed E-state index contributed by atoms with van der Waals surface area (Å²) in [5, 5.41) is 4.56. The molecule has 2 unspecified atom stereocenters. The predicted molar refractivity (Wildman–Crippen MR) is 91.8 cm³/mol. The molecule has 2 amide bonds. The average Bonchev–Trinajstić information content (AvgIpc) is 2.54. The Labute approximate surface area is 160 Å². The smallest absolute Gasteiger partial charge is 0.416 e. The van der Waals surface area contributed by atoms with Crippen molar-refractivity contribution in [3.8, 4) is 0 Å². The molecule has 1 saturated carbocycles. The van der Waals surface area contributed by atoms with Gasteiger partial charge in [0.05, 0.1) is 23.2 Å². The fourth-order valence-corrected chi connectivity index (χ4v) is 3.73. The molecule has 1 aromatic carbocycles. The molecule has 0 radical (unpaired) electrons. The van der Waals surface area contributed by atoms with Crippen LogP contribution in [0.4, 0.5) is 36.8 Å². The maximum Gasteiger partial charge on any atom is 0.416 e. The number of carbonyl (C=O) groups excluding carboxylic acids is 1. The van der Waals surface area contributed by atoms with Crippen molar-refractivity contribution in [2.24, 2.45) is 0 Å². The van der Waals surface area contributed by atoms with Crippen LogP contribution in [-0.2, 0) is 23.7 Å². The molecular weight excluding hydrogens is 412 g/mol. The Balaban J connectivity index is 2.16. The minimum absolute atomic E-state index is 0.0132. The molecule has 0 spiro atoms. The lowest BCUT2D eigenvalue weighted by Gasteiger charge is -2.32. The van der Waals surface area contributed by atoms with Crippen molar-refractivity contribution in [2.45, 2.75) is 50.1 Å². The van der Waals surface area contributed by atoms with Crippen LogP contribution in [-0.4, -0.2) is 28.9 Å². The number of carbonyl (C=O) groups is 1. The maximum atomic E-state index is 12.9. The first-order valence-corrected chi connectivity index (χ1v) is 9.88. The zero-order chi connectivity index (χ0) is 21.1. The minimum Gasteiger partial charge on any atom is -0.598 e. The van der Waals surface area contributed by atoms with Gasteiger partial charge in [0.1, 0.15) is 6.26 Å². The number of nitrogens with one attached hydrogen (secondary N) is 3. The molecule has 28 heavy (non-hydrogen) atoms. The summed E-state index contributed by atoms with van der Waals surface area (Å²) in [5.74, 6) is 0. The second-order valence-corrected chi connectivity index (χ2v) is 7.61. The number of urea groups is 1. The van der Waals surface area contributed by atoms with Crippen molar-refractivity contribution in [3.63, 3.8) is 0 Å². The summed E-state index contributed by atoms with van der Waals surface area (Å²) >= 11 is -1.33. The topological polar surface area (TPSA) is 76.2 Å². The molecule has 3 atom stereocenters. The Bertz CT molecular complexity index is 664. The third kappa shape index (κ3) is 6.45. The van der Waals surface area contributed by atoms with Gasteiger partial charge in [-0.2, -0.15) is 26.3 Å². The summed E-state index contributed by atoms with van der Waals surface area (Å²) in [6, 6.07) is -0.837. The number of amides is 2. The van der Waals surface area contributed by atoms with E-state index in [9.17, 15) is 35.7 Å². The minimum atomic E-state index is -5.00. The van der Waals surface area contributed by atoms with E-state index in [1.54, 1.807) is 0 Å². The van der Waals surface area contributed by atoms with Crippen molar-refractivity contribution in [1.82, 2.24) is 10.0 Å². The predicted octanol–water partition coefficient (Wildman–Crippen LogP) is 4.04. The largest absolute Gasteiger partial charge is 0.598 e. The van der Waals surface area contributed by atoms with Crippen LogP contribution in [0.15, 0.2) is 18.2 Å². The molecule has 1 aliphatic carbocycles. The molecule has 1 fully saturated rings. The summed E-state index contributed by atoms with van der Waals surface area (Å²) in [6.07, 6.45) is -5.79. The highest BCUT2D eigenvalue weighted by Crippen LogP contribution is 2.37. The van der Waals surface area contributed by atoms with Crippen molar-refractivity contribution in [3.05, 3.63) is 29.3 Å². The van der Waals surface area contributed by atoms with Crippen LogP contribution in [0.2, 0.25) is 0 Å². The van der Waals surface area contributed by atoms with Gasteiger partial charge >= 0.3 is 18.4 Å². The van der Waals surface area contributed by atoms with E-state index in [2.05, 4.69) is 10.0 Å². The monoisotopic (exact) mass is 431 g/mol. The zero-order valence-electron chi connectivity index (χ0n) is 14.7.